The number of para-hydroxylation sites is 1. The number of hydrogen-bond donors (Lipinski definition) is 0. The van der Waals surface area contributed by atoms with Gasteiger partial charge in [0, 0.05) is 45.3 Å². The van der Waals surface area contributed by atoms with Crippen LogP contribution in [-0.4, -0.2) is 53.8 Å². The van der Waals surface area contributed by atoms with Crippen LogP contribution in [0.5, 0.6) is 0 Å². The van der Waals surface area contributed by atoms with Crippen LogP contribution in [0, 0.1) is 0 Å². The largest absolute Gasteiger partial charge is 0.372 e. The summed E-state index contributed by atoms with van der Waals surface area (Å²) < 4.78 is 0. The van der Waals surface area contributed by atoms with E-state index in [1.165, 1.54) is 11.3 Å². The number of amides is 2. The standard InChI is InChI=1S/C18H25N3O2/c1-13-11-19(3)16-8-5-4-7-15(16)12-21(13)18(23)17-9-6-10-20(17)14(2)22/h4-5,7-8,13,17H,6,9-12H2,1-3H3/t13-,17-/m0/s1. The fraction of sp³-hybridized carbons (Fsp3) is 0.556. The molecule has 2 aliphatic rings. The molecule has 0 unspecified atom stereocenters. The quantitative estimate of drug-likeness (QED) is 0.794. The van der Waals surface area contributed by atoms with Crippen LogP contribution in [-0.2, 0) is 16.1 Å². The van der Waals surface area contributed by atoms with Crippen LogP contribution in [0.1, 0.15) is 32.3 Å². The number of rotatable bonds is 1. The molecule has 5 heteroatoms. The van der Waals surface area contributed by atoms with Gasteiger partial charge in [-0.2, -0.15) is 0 Å². The molecule has 1 fully saturated rings. The zero-order chi connectivity index (χ0) is 16.6. The van der Waals surface area contributed by atoms with Crippen molar-refractivity contribution in [2.45, 2.75) is 45.3 Å². The highest BCUT2D eigenvalue weighted by atomic mass is 16.2. The minimum atomic E-state index is -0.287. The fourth-order valence-corrected chi connectivity index (χ4v) is 3.84. The summed E-state index contributed by atoms with van der Waals surface area (Å²) in [4.78, 5) is 30.8. The van der Waals surface area contributed by atoms with Gasteiger partial charge < -0.3 is 14.7 Å². The minimum Gasteiger partial charge on any atom is -0.372 e. The van der Waals surface area contributed by atoms with Crippen LogP contribution >= 0.6 is 0 Å². The Morgan fingerprint density at radius 1 is 1.17 bits per heavy atom. The number of benzene rings is 1. The van der Waals surface area contributed by atoms with Crippen molar-refractivity contribution in [3.8, 4) is 0 Å². The number of hydrogen-bond acceptors (Lipinski definition) is 3. The van der Waals surface area contributed by atoms with Gasteiger partial charge in [-0.1, -0.05) is 18.2 Å². The first-order chi connectivity index (χ1) is 11.0. The molecule has 1 aromatic rings. The van der Waals surface area contributed by atoms with Crippen molar-refractivity contribution >= 4 is 17.5 Å². The first kappa shape index (κ1) is 15.8. The van der Waals surface area contributed by atoms with Crippen molar-refractivity contribution in [3.05, 3.63) is 29.8 Å². The van der Waals surface area contributed by atoms with Gasteiger partial charge in [-0.3, -0.25) is 9.59 Å². The van der Waals surface area contributed by atoms with Crippen molar-refractivity contribution in [2.24, 2.45) is 0 Å². The van der Waals surface area contributed by atoms with E-state index in [0.717, 1.165) is 19.4 Å². The predicted octanol–water partition coefficient (Wildman–Crippen LogP) is 1.86. The molecule has 0 aromatic heterocycles. The number of carbonyl (C=O) groups excluding carboxylic acids is 2. The molecule has 0 aliphatic carbocycles. The summed E-state index contributed by atoms with van der Waals surface area (Å²) in [7, 11) is 2.07. The van der Waals surface area contributed by atoms with Crippen LogP contribution in [0.25, 0.3) is 0 Å². The molecule has 1 saturated heterocycles. The van der Waals surface area contributed by atoms with E-state index in [9.17, 15) is 9.59 Å². The van der Waals surface area contributed by atoms with Crippen molar-refractivity contribution < 1.29 is 9.59 Å². The second-order valence-electron chi connectivity index (χ2n) is 6.69. The summed E-state index contributed by atoms with van der Waals surface area (Å²) in [5.74, 6) is 0.0937. The minimum absolute atomic E-state index is 0.000781. The molecule has 2 aliphatic heterocycles. The van der Waals surface area contributed by atoms with E-state index in [1.54, 1.807) is 11.8 Å². The third-order valence-corrected chi connectivity index (χ3v) is 5.04. The van der Waals surface area contributed by atoms with Crippen LogP contribution in [0.2, 0.25) is 0 Å². The van der Waals surface area contributed by atoms with E-state index in [-0.39, 0.29) is 23.9 Å². The van der Waals surface area contributed by atoms with E-state index in [1.807, 2.05) is 17.0 Å². The fourth-order valence-electron chi connectivity index (χ4n) is 3.84. The molecular formula is C18H25N3O2. The second kappa shape index (κ2) is 6.22. The number of nitrogens with zero attached hydrogens (tertiary/aromatic N) is 3. The zero-order valence-electron chi connectivity index (χ0n) is 14.2. The first-order valence-corrected chi connectivity index (χ1v) is 8.35. The number of likely N-dealkylation sites (N-methyl/N-ethyl adjacent to an activating group) is 1. The Morgan fingerprint density at radius 3 is 2.65 bits per heavy atom. The zero-order valence-corrected chi connectivity index (χ0v) is 14.2. The molecule has 2 amide bonds. The molecular weight excluding hydrogens is 290 g/mol. The lowest BCUT2D eigenvalue weighted by Gasteiger charge is -2.33. The Balaban J connectivity index is 1.87. The summed E-state index contributed by atoms with van der Waals surface area (Å²) in [6.07, 6.45) is 1.69. The monoisotopic (exact) mass is 315 g/mol. The Bertz CT molecular complexity index is 616. The molecule has 0 N–H and O–H groups in total. The number of carbonyl (C=O) groups is 2. The molecule has 124 valence electrons. The van der Waals surface area contributed by atoms with Gasteiger partial charge in [0.25, 0.3) is 0 Å². The van der Waals surface area contributed by atoms with Gasteiger partial charge in [-0.05, 0) is 31.4 Å². The van der Waals surface area contributed by atoms with E-state index < -0.39 is 0 Å². The second-order valence-corrected chi connectivity index (χ2v) is 6.69. The van der Waals surface area contributed by atoms with E-state index in [0.29, 0.717) is 13.1 Å². The van der Waals surface area contributed by atoms with Crippen molar-refractivity contribution in [3.63, 3.8) is 0 Å². The number of fused-ring (bicyclic) bond motifs is 1. The summed E-state index contributed by atoms with van der Waals surface area (Å²) in [6.45, 7) is 5.76. The maximum atomic E-state index is 13.1. The van der Waals surface area contributed by atoms with E-state index in [4.69, 9.17) is 0 Å². The molecule has 0 radical (unpaired) electrons. The number of likely N-dealkylation sites (tertiary alicyclic amines) is 1. The molecule has 0 bridgehead atoms. The lowest BCUT2D eigenvalue weighted by atomic mass is 10.1. The maximum absolute atomic E-state index is 13.1. The van der Waals surface area contributed by atoms with Crippen LogP contribution < -0.4 is 4.90 Å². The van der Waals surface area contributed by atoms with E-state index in [2.05, 4.69) is 31.0 Å². The molecule has 3 rings (SSSR count). The summed E-state index contributed by atoms with van der Waals surface area (Å²) in [5, 5.41) is 0. The SMILES string of the molecule is CC(=O)N1CCC[C@H]1C(=O)N1Cc2ccccc2N(C)C[C@@H]1C. The highest BCUT2D eigenvalue weighted by Gasteiger charge is 2.37. The summed E-state index contributed by atoms with van der Waals surface area (Å²) in [6, 6.07) is 8.07. The van der Waals surface area contributed by atoms with Gasteiger partial charge in [0.15, 0.2) is 0 Å². The third-order valence-electron chi connectivity index (χ3n) is 5.04. The van der Waals surface area contributed by atoms with Crippen LogP contribution in [0.3, 0.4) is 0 Å². The molecule has 2 heterocycles. The highest BCUT2D eigenvalue weighted by molar-refractivity contribution is 5.88. The highest BCUT2D eigenvalue weighted by Crippen LogP contribution is 2.28. The van der Waals surface area contributed by atoms with Crippen molar-refractivity contribution in [1.82, 2.24) is 9.80 Å². The lowest BCUT2D eigenvalue weighted by molar-refractivity contribution is -0.144. The van der Waals surface area contributed by atoms with Crippen LogP contribution in [0.4, 0.5) is 5.69 Å². The van der Waals surface area contributed by atoms with Gasteiger partial charge in [-0.25, -0.2) is 0 Å². The smallest absolute Gasteiger partial charge is 0.245 e. The molecule has 5 nitrogen and oxygen atoms in total. The van der Waals surface area contributed by atoms with Gasteiger partial charge >= 0.3 is 0 Å². The van der Waals surface area contributed by atoms with Gasteiger partial charge in [0.1, 0.15) is 6.04 Å². The summed E-state index contributed by atoms with van der Waals surface area (Å²) >= 11 is 0. The Morgan fingerprint density at radius 2 is 1.91 bits per heavy atom. The van der Waals surface area contributed by atoms with Crippen molar-refractivity contribution in [2.75, 3.05) is 25.0 Å². The lowest BCUT2D eigenvalue weighted by Crippen LogP contribution is -2.51. The Kier molecular flexibility index (Phi) is 4.28. The maximum Gasteiger partial charge on any atom is 0.245 e. The normalized spacial score (nSPS) is 24.4. The first-order valence-electron chi connectivity index (χ1n) is 8.35. The molecule has 1 aromatic carbocycles. The van der Waals surface area contributed by atoms with Gasteiger partial charge in [-0.15, -0.1) is 0 Å². The predicted molar refractivity (Wildman–Crippen MR) is 90.1 cm³/mol. The average molecular weight is 315 g/mol. The third kappa shape index (κ3) is 2.92. The van der Waals surface area contributed by atoms with Gasteiger partial charge in [0.2, 0.25) is 11.8 Å². The topological polar surface area (TPSA) is 43.9 Å². The molecule has 0 spiro atoms. The Labute approximate surface area is 137 Å². The summed E-state index contributed by atoms with van der Waals surface area (Å²) in [5.41, 5.74) is 2.35. The molecule has 2 atom stereocenters. The van der Waals surface area contributed by atoms with Crippen molar-refractivity contribution in [1.29, 1.82) is 0 Å². The average Bonchev–Trinajstić information content (AvgIpc) is 2.97. The molecule has 0 saturated carbocycles. The Hall–Kier alpha value is -2.04. The number of anilines is 1. The van der Waals surface area contributed by atoms with Gasteiger partial charge in [0.05, 0.1) is 0 Å². The molecule has 23 heavy (non-hydrogen) atoms. The van der Waals surface area contributed by atoms with E-state index >= 15 is 0 Å². The van der Waals surface area contributed by atoms with Crippen LogP contribution in [0.15, 0.2) is 24.3 Å².